The fourth-order valence-electron chi connectivity index (χ4n) is 1.27. The van der Waals surface area contributed by atoms with Gasteiger partial charge >= 0.3 is 0 Å². The Morgan fingerprint density at radius 1 is 1.53 bits per heavy atom. The van der Waals surface area contributed by atoms with Crippen molar-refractivity contribution < 1.29 is 8.42 Å². The summed E-state index contributed by atoms with van der Waals surface area (Å²) in [4.78, 5) is 4.16. The van der Waals surface area contributed by atoms with Gasteiger partial charge in [-0.3, -0.25) is 0 Å². The predicted molar refractivity (Wildman–Crippen MR) is 70.9 cm³/mol. The van der Waals surface area contributed by atoms with Crippen LogP contribution >= 0.6 is 11.3 Å². The number of hydrogen-bond donors (Lipinski definition) is 2. The van der Waals surface area contributed by atoms with Gasteiger partial charge in [0.05, 0.1) is 10.8 Å². The van der Waals surface area contributed by atoms with E-state index in [2.05, 4.69) is 15.0 Å². The highest BCUT2D eigenvalue weighted by atomic mass is 32.2. The van der Waals surface area contributed by atoms with Crippen molar-refractivity contribution in [2.24, 2.45) is 0 Å². The van der Waals surface area contributed by atoms with Gasteiger partial charge in [0.1, 0.15) is 0 Å². The molecular weight excluding hydrogens is 258 g/mol. The molecule has 1 unspecified atom stereocenters. The van der Waals surface area contributed by atoms with Crippen molar-refractivity contribution >= 4 is 21.4 Å². The highest BCUT2D eigenvalue weighted by Gasteiger charge is 2.13. The topological polar surface area (TPSA) is 71.1 Å². The minimum Gasteiger partial charge on any atom is -0.316 e. The van der Waals surface area contributed by atoms with Crippen LogP contribution in [-0.4, -0.2) is 38.8 Å². The second-order valence-corrected chi connectivity index (χ2v) is 6.64. The number of hydrogen-bond acceptors (Lipinski definition) is 5. The van der Waals surface area contributed by atoms with Gasteiger partial charge in [-0.2, -0.15) is 0 Å². The van der Waals surface area contributed by atoms with Gasteiger partial charge in [-0.25, -0.2) is 18.1 Å². The summed E-state index contributed by atoms with van der Waals surface area (Å²) in [5.74, 6) is 0.231. The Hall–Kier alpha value is -0.500. The predicted octanol–water partition coefficient (Wildman–Crippen LogP) is 0.776. The van der Waals surface area contributed by atoms with Crippen LogP contribution in [0.25, 0.3) is 0 Å². The Kier molecular flexibility index (Phi) is 6.04. The van der Waals surface area contributed by atoms with Crippen molar-refractivity contribution in [1.29, 1.82) is 0 Å². The van der Waals surface area contributed by atoms with E-state index in [0.29, 0.717) is 13.1 Å². The van der Waals surface area contributed by atoms with Crippen LogP contribution in [0.15, 0.2) is 11.6 Å². The molecule has 0 aliphatic rings. The number of nitrogens with one attached hydrogen (secondary N) is 2. The second-order valence-electron chi connectivity index (χ2n) is 3.79. The first-order chi connectivity index (χ1) is 8.05. The largest absolute Gasteiger partial charge is 0.316 e. The molecule has 1 heterocycles. The smallest absolute Gasteiger partial charge is 0.212 e. The maximum atomic E-state index is 11.6. The third-order valence-electron chi connectivity index (χ3n) is 2.28. The number of sulfonamides is 1. The maximum absolute atomic E-state index is 11.6. The molecule has 0 radical (unpaired) electrons. The van der Waals surface area contributed by atoms with Crippen LogP contribution in [-0.2, 0) is 10.0 Å². The summed E-state index contributed by atoms with van der Waals surface area (Å²) >= 11 is 1.54. The first-order valence-electron chi connectivity index (χ1n) is 5.62. The summed E-state index contributed by atoms with van der Waals surface area (Å²) < 4.78 is 25.8. The molecule has 0 spiro atoms. The Bertz CT molecular complexity index is 403. The first-order valence-corrected chi connectivity index (χ1v) is 8.16. The van der Waals surface area contributed by atoms with E-state index in [4.69, 9.17) is 0 Å². The van der Waals surface area contributed by atoms with Crippen LogP contribution in [0.3, 0.4) is 0 Å². The molecule has 17 heavy (non-hydrogen) atoms. The Labute approximate surface area is 107 Å². The van der Waals surface area contributed by atoms with Crippen molar-refractivity contribution in [2.75, 3.05) is 25.4 Å². The minimum absolute atomic E-state index is 0.115. The van der Waals surface area contributed by atoms with Gasteiger partial charge in [0.25, 0.3) is 0 Å². The number of thiazole rings is 1. The molecule has 2 N–H and O–H groups in total. The zero-order valence-corrected chi connectivity index (χ0v) is 11.8. The molecule has 0 aliphatic heterocycles. The molecule has 5 nitrogen and oxygen atoms in total. The fourth-order valence-corrected chi connectivity index (χ4v) is 3.03. The summed E-state index contributed by atoms with van der Waals surface area (Å²) in [5.41, 5.74) is 0. The van der Waals surface area contributed by atoms with E-state index in [1.165, 1.54) is 0 Å². The van der Waals surface area contributed by atoms with Crippen LogP contribution in [0, 0.1) is 0 Å². The molecule has 98 valence electrons. The minimum atomic E-state index is -3.18. The van der Waals surface area contributed by atoms with Crippen molar-refractivity contribution in [1.82, 2.24) is 15.0 Å². The van der Waals surface area contributed by atoms with Crippen LogP contribution in [0.1, 0.15) is 24.8 Å². The molecule has 1 aromatic rings. The number of aromatic nitrogens is 1. The van der Waals surface area contributed by atoms with Gasteiger partial charge in [-0.1, -0.05) is 13.8 Å². The summed E-state index contributed by atoms with van der Waals surface area (Å²) in [6, 6.07) is 0. The summed E-state index contributed by atoms with van der Waals surface area (Å²) in [5, 5.41) is 5.84. The van der Waals surface area contributed by atoms with E-state index in [-0.39, 0.29) is 11.7 Å². The van der Waals surface area contributed by atoms with Crippen LogP contribution in [0.5, 0.6) is 0 Å². The van der Waals surface area contributed by atoms with E-state index in [9.17, 15) is 8.42 Å². The lowest BCUT2D eigenvalue weighted by Crippen LogP contribution is -2.33. The molecule has 0 saturated heterocycles. The summed E-state index contributed by atoms with van der Waals surface area (Å²) in [6.07, 6.45) is 1.73. The SMILES string of the molecule is CCNCCS(=O)(=O)NCC(C)c1nccs1. The Morgan fingerprint density at radius 3 is 2.88 bits per heavy atom. The lowest BCUT2D eigenvalue weighted by atomic mass is 10.2. The molecule has 0 amide bonds. The Balaban J connectivity index is 2.34. The molecule has 0 fully saturated rings. The summed E-state index contributed by atoms with van der Waals surface area (Å²) in [6.45, 7) is 5.58. The number of rotatable bonds is 8. The van der Waals surface area contributed by atoms with Gasteiger partial charge in [-0.05, 0) is 6.54 Å². The third-order valence-corrected chi connectivity index (χ3v) is 4.64. The molecule has 1 aromatic heterocycles. The van der Waals surface area contributed by atoms with Crippen molar-refractivity contribution in [2.45, 2.75) is 19.8 Å². The average molecular weight is 277 g/mol. The molecular formula is C10H19N3O2S2. The van der Waals surface area contributed by atoms with E-state index < -0.39 is 10.0 Å². The van der Waals surface area contributed by atoms with Gasteiger partial charge in [0.2, 0.25) is 10.0 Å². The third kappa shape index (κ3) is 5.58. The quantitative estimate of drug-likeness (QED) is 0.689. The lowest BCUT2D eigenvalue weighted by Gasteiger charge is -2.10. The van der Waals surface area contributed by atoms with E-state index in [0.717, 1.165) is 11.6 Å². The van der Waals surface area contributed by atoms with Crippen LogP contribution < -0.4 is 10.0 Å². The fraction of sp³-hybridized carbons (Fsp3) is 0.700. The van der Waals surface area contributed by atoms with Gasteiger partial charge in [0.15, 0.2) is 0 Å². The number of nitrogens with zero attached hydrogens (tertiary/aromatic N) is 1. The molecule has 1 rings (SSSR count). The van der Waals surface area contributed by atoms with Gasteiger partial charge < -0.3 is 5.32 Å². The Morgan fingerprint density at radius 2 is 2.29 bits per heavy atom. The standard InChI is InChI=1S/C10H19N3O2S2/c1-3-11-5-7-17(14,15)13-8-9(2)10-12-4-6-16-10/h4,6,9,11,13H,3,5,7-8H2,1-2H3. The van der Waals surface area contributed by atoms with Crippen molar-refractivity contribution in [3.05, 3.63) is 16.6 Å². The first kappa shape index (κ1) is 14.6. The van der Waals surface area contributed by atoms with Crippen LogP contribution in [0.2, 0.25) is 0 Å². The molecule has 7 heteroatoms. The molecule has 0 aromatic carbocycles. The van der Waals surface area contributed by atoms with Gasteiger partial charge in [0, 0.05) is 30.6 Å². The monoisotopic (exact) mass is 277 g/mol. The van der Waals surface area contributed by atoms with Gasteiger partial charge in [-0.15, -0.1) is 11.3 Å². The maximum Gasteiger partial charge on any atom is 0.212 e. The molecule has 1 atom stereocenters. The van der Waals surface area contributed by atoms with E-state index >= 15 is 0 Å². The molecule has 0 bridgehead atoms. The zero-order valence-electron chi connectivity index (χ0n) is 10.1. The normalized spacial score (nSPS) is 13.8. The zero-order chi connectivity index (χ0) is 12.7. The van der Waals surface area contributed by atoms with Crippen molar-refractivity contribution in [3.8, 4) is 0 Å². The van der Waals surface area contributed by atoms with Crippen LogP contribution in [0.4, 0.5) is 0 Å². The average Bonchev–Trinajstić information content (AvgIpc) is 2.80. The highest BCUT2D eigenvalue weighted by Crippen LogP contribution is 2.16. The molecule has 0 saturated carbocycles. The van der Waals surface area contributed by atoms with Crippen molar-refractivity contribution in [3.63, 3.8) is 0 Å². The van der Waals surface area contributed by atoms with E-state index in [1.807, 2.05) is 19.2 Å². The molecule has 0 aliphatic carbocycles. The lowest BCUT2D eigenvalue weighted by molar-refractivity contribution is 0.571. The summed E-state index contributed by atoms with van der Waals surface area (Å²) in [7, 11) is -3.18. The van der Waals surface area contributed by atoms with E-state index in [1.54, 1.807) is 17.5 Å². The second kappa shape index (κ2) is 7.05. The highest BCUT2D eigenvalue weighted by molar-refractivity contribution is 7.89.